The highest BCUT2D eigenvalue weighted by molar-refractivity contribution is 5.86. The fourth-order valence-electron chi connectivity index (χ4n) is 7.34. The van der Waals surface area contributed by atoms with Crippen LogP contribution in [0.25, 0.3) is 0 Å². The first-order chi connectivity index (χ1) is 14.3. The van der Waals surface area contributed by atoms with Gasteiger partial charge in [-0.2, -0.15) is 0 Å². The van der Waals surface area contributed by atoms with Crippen LogP contribution < -0.4 is 9.64 Å². The number of aliphatic hydroxyl groups excluding tert-OH is 1. The number of esters is 1. The molecule has 2 N–H and O–H groups in total. The smallest absolute Gasteiger partial charge is 0.342 e. The van der Waals surface area contributed by atoms with Crippen molar-refractivity contribution >= 4 is 11.7 Å². The molecule has 0 aromatic heterocycles. The number of aliphatic hydroxyl groups is 2. The van der Waals surface area contributed by atoms with Crippen LogP contribution in [0.1, 0.15) is 25.3 Å². The molecule has 5 rings (SSSR count). The second-order valence-electron chi connectivity index (χ2n) is 9.17. The van der Waals surface area contributed by atoms with Crippen molar-refractivity contribution in [2.24, 2.45) is 5.41 Å². The number of rotatable bonds is 3. The summed E-state index contributed by atoms with van der Waals surface area (Å²) in [5.74, 6) is -0.0624. The van der Waals surface area contributed by atoms with Crippen LogP contribution in [0, 0.1) is 5.41 Å². The predicted molar refractivity (Wildman–Crippen MR) is 112 cm³/mol. The fourth-order valence-corrected chi connectivity index (χ4v) is 7.34. The van der Waals surface area contributed by atoms with Gasteiger partial charge in [-0.05, 0) is 31.0 Å². The summed E-state index contributed by atoms with van der Waals surface area (Å²) in [6.07, 6.45) is 4.21. The topological polar surface area (TPSA) is 82.5 Å². The first-order valence-corrected chi connectivity index (χ1v) is 10.6. The van der Waals surface area contributed by atoms with Crippen LogP contribution in [-0.4, -0.2) is 79.2 Å². The highest BCUT2D eigenvalue weighted by Crippen LogP contribution is 2.66. The monoisotopic (exact) mass is 414 g/mol. The van der Waals surface area contributed by atoms with Gasteiger partial charge < -0.3 is 24.6 Å². The van der Waals surface area contributed by atoms with Gasteiger partial charge >= 0.3 is 5.97 Å². The molecule has 1 aromatic rings. The summed E-state index contributed by atoms with van der Waals surface area (Å²) in [4.78, 5) is 17.5. The van der Waals surface area contributed by atoms with E-state index >= 15 is 0 Å². The van der Waals surface area contributed by atoms with E-state index in [0.717, 1.165) is 36.5 Å². The molecule has 1 saturated heterocycles. The van der Waals surface area contributed by atoms with Crippen molar-refractivity contribution in [2.45, 2.75) is 49.0 Å². The maximum atomic E-state index is 13.1. The Hall–Kier alpha value is -2.09. The van der Waals surface area contributed by atoms with Crippen LogP contribution >= 0.6 is 0 Å². The Morgan fingerprint density at radius 2 is 2.07 bits per heavy atom. The van der Waals surface area contributed by atoms with Crippen molar-refractivity contribution in [1.29, 1.82) is 0 Å². The summed E-state index contributed by atoms with van der Waals surface area (Å²) < 4.78 is 10.6. The summed E-state index contributed by atoms with van der Waals surface area (Å²) in [7, 11) is 4.79. The Morgan fingerprint density at radius 1 is 1.30 bits per heavy atom. The summed E-state index contributed by atoms with van der Waals surface area (Å²) in [5.41, 5.74) is -1.31. The summed E-state index contributed by atoms with van der Waals surface area (Å²) in [6, 6.07) is 5.31. The van der Waals surface area contributed by atoms with Crippen molar-refractivity contribution in [3.05, 3.63) is 35.9 Å². The van der Waals surface area contributed by atoms with E-state index in [-0.39, 0.29) is 6.04 Å². The van der Waals surface area contributed by atoms with Gasteiger partial charge in [-0.1, -0.05) is 25.1 Å². The lowest BCUT2D eigenvalue weighted by molar-refractivity contribution is -0.218. The highest BCUT2D eigenvalue weighted by Gasteiger charge is 2.78. The van der Waals surface area contributed by atoms with Gasteiger partial charge in [-0.15, -0.1) is 0 Å². The normalized spacial score (nSPS) is 41.3. The van der Waals surface area contributed by atoms with Crippen LogP contribution in [0.5, 0.6) is 5.75 Å². The van der Waals surface area contributed by atoms with Gasteiger partial charge in [0.1, 0.15) is 11.9 Å². The van der Waals surface area contributed by atoms with Crippen molar-refractivity contribution in [1.82, 2.24) is 4.90 Å². The van der Waals surface area contributed by atoms with E-state index in [1.807, 2.05) is 37.1 Å². The van der Waals surface area contributed by atoms with E-state index in [4.69, 9.17) is 9.47 Å². The zero-order valence-corrected chi connectivity index (χ0v) is 18.0. The van der Waals surface area contributed by atoms with E-state index in [9.17, 15) is 15.0 Å². The van der Waals surface area contributed by atoms with E-state index in [2.05, 4.69) is 17.0 Å². The number of fused-ring (bicyclic) bond motifs is 1. The molecule has 1 aliphatic carbocycles. The van der Waals surface area contributed by atoms with Crippen molar-refractivity contribution in [3.63, 3.8) is 0 Å². The molecule has 2 fully saturated rings. The molecular weight excluding hydrogens is 384 g/mol. The summed E-state index contributed by atoms with van der Waals surface area (Å²) in [5, 5.41) is 23.7. The molecule has 0 bridgehead atoms. The van der Waals surface area contributed by atoms with Crippen molar-refractivity contribution in [2.75, 3.05) is 39.3 Å². The van der Waals surface area contributed by atoms with Gasteiger partial charge in [-0.3, -0.25) is 4.90 Å². The number of methoxy groups -OCH3 is 2. The molecule has 162 valence electrons. The molecule has 1 spiro atoms. The van der Waals surface area contributed by atoms with E-state index in [1.54, 1.807) is 7.11 Å². The second-order valence-corrected chi connectivity index (χ2v) is 9.17. The molecule has 4 aliphatic rings. The van der Waals surface area contributed by atoms with Gasteiger partial charge in [0.05, 0.1) is 20.3 Å². The van der Waals surface area contributed by atoms with Crippen molar-refractivity contribution < 1.29 is 24.5 Å². The SMILES string of the molecule is CCC12C=CCN3CCC4(c5ccc(OC)cc5N(C)C4C(O)(C(=O)OC)C1O)C32. The molecule has 7 heteroatoms. The van der Waals surface area contributed by atoms with Gasteiger partial charge in [-0.25, -0.2) is 4.79 Å². The molecular formula is C23H30N2O5. The van der Waals surface area contributed by atoms with E-state index in [0.29, 0.717) is 6.42 Å². The quantitative estimate of drug-likeness (QED) is 0.566. The van der Waals surface area contributed by atoms with E-state index < -0.39 is 34.5 Å². The molecule has 1 saturated carbocycles. The minimum Gasteiger partial charge on any atom is -0.497 e. The van der Waals surface area contributed by atoms with Crippen molar-refractivity contribution in [3.8, 4) is 5.75 Å². The van der Waals surface area contributed by atoms with Crippen LogP contribution in [0.3, 0.4) is 0 Å². The van der Waals surface area contributed by atoms with Crippen LogP contribution in [0.2, 0.25) is 0 Å². The third-order valence-electron chi connectivity index (χ3n) is 8.37. The minimum atomic E-state index is -2.07. The fraction of sp³-hybridized carbons (Fsp3) is 0.609. The van der Waals surface area contributed by atoms with E-state index in [1.165, 1.54) is 7.11 Å². The Kier molecular flexibility index (Phi) is 4.11. The number of carbonyl (C=O) groups excluding carboxylic acids is 1. The maximum Gasteiger partial charge on any atom is 0.342 e. The third kappa shape index (κ3) is 1.95. The minimum absolute atomic E-state index is 0.0259. The zero-order chi connectivity index (χ0) is 21.5. The number of nitrogens with zero attached hydrogens (tertiary/aromatic N) is 2. The number of hydrogen-bond donors (Lipinski definition) is 2. The average Bonchev–Trinajstić information content (AvgIpc) is 3.28. The molecule has 0 amide bonds. The molecule has 30 heavy (non-hydrogen) atoms. The Labute approximate surface area is 176 Å². The lowest BCUT2D eigenvalue weighted by Gasteiger charge is -2.63. The molecule has 3 heterocycles. The lowest BCUT2D eigenvalue weighted by atomic mass is 9.48. The zero-order valence-electron chi connectivity index (χ0n) is 18.0. The van der Waals surface area contributed by atoms with Gasteiger partial charge in [0.25, 0.3) is 0 Å². The Balaban J connectivity index is 1.85. The molecule has 3 aliphatic heterocycles. The van der Waals surface area contributed by atoms with Crippen LogP contribution in [0.15, 0.2) is 30.4 Å². The predicted octanol–water partition coefficient (Wildman–Crippen LogP) is 1.07. The number of benzene rings is 1. The first-order valence-electron chi connectivity index (χ1n) is 10.6. The van der Waals surface area contributed by atoms with Crippen LogP contribution in [-0.2, 0) is 14.9 Å². The standard InChI is InChI=1S/C23H30N2O5/c1-5-21-9-6-11-25-12-10-22(17(21)25)15-8-7-14(29-3)13-16(15)24(2)18(22)23(28,19(21)26)20(27)30-4/h6-9,13,17-19,26,28H,5,10-12H2,1-4H3. The average molecular weight is 415 g/mol. The molecule has 1 aromatic carbocycles. The van der Waals surface area contributed by atoms with Gasteiger partial charge in [0.2, 0.25) is 5.60 Å². The Bertz CT molecular complexity index is 934. The number of anilines is 1. The number of carbonyl (C=O) groups is 1. The number of ether oxygens (including phenoxy) is 2. The number of likely N-dealkylation sites (N-methyl/N-ethyl adjacent to an activating group) is 1. The largest absolute Gasteiger partial charge is 0.497 e. The Morgan fingerprint density at radius 3 is 2.73 bits per heavy atom. The van der Waals surface area contributed by atoms with Gasteiger partial charge in [0, 0.05) is 42.2 Å². The van der Waals surface area contributed by atoms with Crippen LogP contribution in [0.4, 0.5) is 5.69 Å². The maximum absolute atomic E-state index is 13.1. The lowest BCUT2D eigenvalue weighted by Crippen LogP contribution is -2.80. The highest BCUT2D eigenvalue weighted by atomic mass is 16.5. The third-order valence-corrected chi connectivity index (χ3v) is 8.37. The summed E-state index contributed by atoms with van der Waals surface area (Å²) >= 11 is 0. The molecule has 6 unspecified atom stereocenters. The molecule has 0 radical (unpaired) electrons. The molecule has 7 nitrogen and oxygen atoms in total. The first kappa shape index (κ1) is 19.8. The number of hydrogen-bond acceptors (Lipinski definition) is 7. The molecule has 6 atom stereocenters. The second kappa shape index (κ2) is 6.22. The van der Waals surface area contributed by atoms with Gasteiger partial charge in [0.15, 0.2) is 0 Å². The summed E-state index contributed by atoms with van der Waals surface area (Å²) in [6.45, 7) is 3.67.